The molecule has 0 radical (unpaired) electrons. The third kappa shape index (κ3) is 4.15. The van der Waals surface area contributed by atoms with Crippen molar-refractivity contribution in [3.63, 3.8) is 0 Å². The van der Waals surface area contributed by atoms with Gasteiger partial charge < -0.3 is 5.32 Å². The van der Waals surface area contributed by atoms with Gasteiger partial charge in [0.05, 0.1) is 0 Å². The molecule has 0 aliphatic heterocycles. The summed E-state index contributed by atoms with van der Waals surface area (Å²) in [5.74, 6) is 0.0270. The standard InChI is InChI=1S/C13H19NO/c1-3-4-8-11(2)14-13(15)12-9-6-5-7-10-12/h5-7,9-11H,3-4,8H2,1-2H3,(H,14,15)/t11-/m1/s1. The van der Waals surface area contributed by atoms with Crippen molar-refractivity contribution >= 4 is 5.91 Å². The van der Waals surface area contributed by atoms with Crippen LogP contribution in [0.1, 0.15) is 43.5 Å². The second kappa shape index (κ2) is 6.23. The van der Waals surface area contributed by atoms with Gasteiger partial charge in [0.1, 0.15) is 0 Å². The van der Waals surface area contributed by atoms with Crippen LogP contribution in [0.5, 0.6) is 0 Å². The van der Waals surface area contributed by atoms with Gasteiger partial charge in [-0.05, 0) is 25.5 Å². The van der Waals surface area contributed by atoms with Crippen LogP contribution in [0.15, 0.2) is 30.3 Å². The van der Waals surface area contributed by atoms with Gasteiger partial charge in [-0.25, -0.2) is 0 Å². The molecule has 1 amide bonds. The van der Waals surface area contributed by atoms with E-state index in [2.05, 4.69) is 19.2 Å². The predicted molar refractivity (Wildman–Crippen MR) is 62.9 cm³/mol. The number of rotatable bonds is 5. The van der Waals surface area contributed by atoms with E-state index in [1.165, 1.54) is 6.42 Å². The van der Waals surface area contributed by atoms with Gasteiger partial charge in [0.2, 0.25) is 0 Å². The molecule has 1 aromatic rings. The molecule has 0 unspecified atom stereocenters. The minimum atomic E-state index is 0.0270. The van der Waals surface area contributed by atoms with Crippen LogP contribution in [-0.4, -0.2) is 11.9 Å². The highest BCUT2D eigenvalue weighted by Crippen LogP contribution is 2.02. The minimum Gasteiger partial charge on any atom is -0.350 e. The number of nitrogens with one attached hydrogen (secondary N) is 1. The Morgan fingerprint density at radius 3 is 2.60 bits per heavy atom. The summed E-state index contributed by atoms with van der Waals surface area (Å²) >= 11 is 0. The van der Waals surface area contributed by atoms with Gasteiger partial charge in [-0.1, -0.05) is 38.0 Å². The van der Waals surface area contributed by atoms with Crippen molar-refractivity contribution in [2.24, 2.45) is 0 Å². The molecule has 1 atom stereocenters. The fraction of sp³-hybridized carbons (Fsp3) is 0.462. The smallest absolute Gasteiger partial charge is 0.251 e. The first-order chi connectivity index (χ1) is 7.24. The molecule has 0 heterocycles. The van der Waals surface area contributed by atoms with Gasteiger partial charge in [0.15, 0.2) is 0 Å². The number of amides is 1. The highest BCUT2D eigenvalue weighted by atomic mass is 16.1. The molecule has 0 saturated heterocycles. The predicted octanol–water partition coefficient (Wildman–Crippen LogP) is 3.00. The van der Waals surface area contributed by atoms with E-state index in [1.54, 1.807) is 0 Å². The van der Waals surface area contributed by atoms with Crippen molar-refractivity contribution in [3.8, 4) is 0 Å². The molecule has 1 rings (SSSR count). The third-order valence-corrected chi connectivity index (χ3v) is 2.40. The quantitative estimate of drug-likeness (QED) is 0.786. The van der Waals surface area contributed by atoms with E-state index in [9.17, 15) is 4.79 Å². The maximum atomic E-state index is 11.7. The summed E-state index contributed by atoms with van der Waals surface area (Å²) in [5.41, 5.74) is 0.737. The largest absolute Gasteiger partial charge is 0.350 e. The zero-order valence-corrected chi connectivity index (χ0v) is 9.49. The maximum Gasteiger partial charge on any atom is 0.251 e. The van der Waals surface area contributed by atoms with Crippen molar-refractivity contribution in [2.45, 2.75) is 39.2 Å². The van der Waals surface area contributed by atoms with E-state index in [-0.39, 0.29) is 11.9 Å². The Morgan fingerprint density at radius 1 is 1.33 bits per heavy atom. The third-order valence-electron chi connectivity index (χ3n) is 2.40. The number of carbonyl (C=O) groups excluding carboxylic acids is 1. The molecule has 0 spiro atoms. The van der Waals surface area contributed by atoms with Gasteiger partial charge >= 0.3 is 0 Å². The second-order valence-electron chi connectivity index (χ2n) is 3.88. The Hall–Kier alpha value is -1.31. The van der Waals surface area contributed by atoms with Crippen LogP contribution in [0.3, 0.4) is 0 Å². The number of unbranched alkanes of at least 4 members (excludes halogenated alkanes) is 1. The first-order valence-electron chi connectivity index (χ1n) is 5.60. The highest BCUT2D eigenvalue weighted by molar-refractivity contribution is 5.94. The molecule has 0 aliphatic rings. The van der Waals surface area contributed by atoms with Gasteiger partial charge in [-0.15, -0.1) is 0 Å². The monoisotopic (exact) mass is 205 g/mol. The van der Waals surface area contributed by atoms with Crippen molar-refractivity contribution in [2.75, 3.05) is 0 Å². The first kappa shape index (κ1) is 11.8. The summed E-state index contributed by atoms with van der Waals surface area (Å²) in [5, 5.41) is 2.99. The molecular formula is C13H19NO. The van der Waals surface area contributed by atoms with E-state index < -0.39 is 0 Å². The lowest BCUT2D eigenvalue weighted by atomic mass is 10.1. The zero-order chi connectivity index (χ0) is 11.1. The first-order valence-corrected chi connectivity index (χ1v) is 5.60. The number of hydrogen-bond acceptors (Lipinski definition) is 1. The molecule has 0 bridgehead atoms. The van der Waals surface area contributed by atoms with Crippen LogP contribution in [-0.2, 0) is 0 Å². The Labute approximate surface area is 91.7 Å². The summed E-state index contributed by atoms with van der Waals surface area (Å²) in [6.07, 6.45) is 3.39. The molecule has 0 aromatic heterocycles. The van der Waals surface area contributed by atoms with Crippen molar-refractivity contribution < 1.29 is 4.79 Å². The molecule has 0 fully saturated rings. The van der Waals surface area contributed by atoms with Crippen LogP contribution in [0.25, 0.3) is 0 Å². The van der Waals surface area contributed by atoms with Crippen molar-refractivity contribution in [3.05, 3.63) is 35.9 Å². The van der Waals surface area contributed by atoms with Gasteiger partial charge in [0.25, 0.3) is 5.91 Å². The second-order valence-corrected chi connectivity index (χ2v) is 3.88. The molecule has 82 valence electrons. The van der Waals surface area contributed by atoms with Crippen LogP contribution in [0, 0.1) is 0 Å². The minimum absolute atomic E-state index is 0.0270. The molecule has 15 heavy (non-hydrogen) atoms. The van der Waals surface area contributed by atoms with Gasteiger partial charge in [-0.3, -0.25) is 4.79 Å². The number of hydrogen-bond donors (Lipinski definition) is 1. The molecule has 1 N–H and O–H groups in total. The van der Waals surface area contributed by atoms with E-state index >= 15 is 0 Å². The Kier molecular flexibility index (Phi) is 4.88. The Bertz CT molecular complexity index is 295. The number of carbonyl (C=O) groups is 1. The average Bonchev–Trinajstić information content (AvgIpc) is 2.27. The highest BCUT2D eigenvalue weighted by Gasteiger charge is 2.07. The van der Waals surface area contributed by atoms with E-state index in [1.807, 2.05) is 30.3 Å². The van der Waals surface area contributed by atoms with Gasteiger partial charge in [-0.2, -0.15) is 0 Å². The normalized spacial score (nSPS) is 12.1. The van der Waals surface area contributed by atoms with Crippen LogP contribution in [0.4, 0.5) is 0 Å². The van der Waals surface area contributed by atoms with E-state index in [0.717, 1.165) is 18.4 Å². The van der Waals surface area contributed by atoms with E-state index in [0.29, 0.717) is 0 Å². The van der Waals surface area contributed by atoms with Crippen LogP contribution < -0.4 is 5.32 Å². The maximum absolute atomic E-state index is 11.7. The van der Waals surface area contributed by atoms with Crippen LogP contribution in [0.2, 0.25) is 0 Å². The summed E-state index contributed by atoms with van der Waals surface area (Å²) in [6.45, 7) is 4.21. The zero-order valence-electron chi connectivity index (χ0n) is 9.49. The Balaban J connectivity index is 2.42. The lowest BCUT2D eigenvalue weighted by Crippen LogP contribution is -2.32. The van der Waals surface area contributed by atoms with Crippen molar-refractivity contribution in [1.82, 2.24) is 5.32 Å². The molecule has 2 nitrogen and oxygen atoms in total. The molecule has 2 heteroatoms. The van der Waals surface area contributed by atoms with Crippen LogP contribution >= 0.6 is 0 Å². The lowest BCUT2D eigenvalue weighted by Gasteiger charge is -2.13. The molecular weight excluding hydrogens is 186 g/mol. The molecule has 0 aliphatic carbocycles. The summed E-state index contributed by atoms with van der Waals surface area (Å²) < 4.78 is 0. The lowest BCUT2D eigenvalue weighted by molar-refractivity contribution is 0.0938. The van der Waals surface area contributed by atoms with E-state index in [4.69, 9.17) is 0 Å². The summed E-state index contributed by atoms with van der Waals surface area (Å²) in [7, 11) is 0. The summed E-state index contributed by atoms with van der Waals surface area (Å²) in [6, 6.07) is 9.61. The topological polar surface area (TPSA) is 29.1 Å². The summed E-state index contributed by atoms with van der Waals surface area (Å²) in [4.78, 5) is 11.7. The van der Waals surface area contributed by atoms with Gasteiger partial charge in [0, 0.05) is 11.6 Å². The Morgan fingerprint density at radius 2 is 2.00 bits per heavy atom. The SMILES string of the molecule is CCCC[C@@H](C)NC(=O)c1ccccc1. The fourth-order valence-electron chi connectivity index (χ4n) is 1.48. The van der Waals surface area contributed by atoms with Crippen molar-refractivity contribution in [1.29, 1.82) is 0 Å². The fourth-order valence-corrected chi connectivity index (χ4v) is 1.48. The number of benzene rings is 1. The average molecular weight is 205 g/mol. The molecule has 1 aromatic carbocycles. The molecule has 0 saturated carbocycles.